The lowest BCUT2D eigenvalue weighted by atomic mass is 9.79. The number of amides is 1. The van der Waals surface area contributed by atoms with E-state index in [0.29, 0.717) is 12.3 Å². The Morgan fingerprint density at radius 3 is 2.72 bits per heavy atom. The molecule has 1 atom stereocenters. The zero-order valence-corrected chi connectivity index (χ0v) is 14.9. The van der Waals surface area contributed by atoms with Gasteiger partial charge in [0.05, 0.1) is 0 Å². The minimum absolute atomic E-state index is 0.0480. The number of rotatable bonds is 2. The average Bonchev–Trinajstić information content (AvgIpc) is 3.03. The van der Waals surface area contributed by atoms with E-state index in [1.54, 1.807) is 19.0 Å². The average molecular weight is 336 g/mol. The van der Waals surface area contributed by atoms with Crippen LogP contribution in [0.5, 0.6) is 0 Å². The van der Waals surface area contributed by atoms with Crippen LogP contribution in [0.3, 0.4) is 0 Å². The van der Waals surface area contributed by atoms with Crippen molar-refractivity contribution < 1.29 is 9.59 Å². The van der Waals surface area contributed by atoms with Gasteiger partial charge in [-0.25, -0.2) is 0 Å². The van der Waals surface area contributed by atoms with Crippen LogP contribution in [0.4, 0.5) is 5.69 Å². The van der Waals surface area contributed by atoms with E-state index >= 15 is 0 Å². The number of anilines is 1. The van der Waals surface area contributed by atoms with E-state index in [2.05, 4.69) is 17.0 Å². The second kappa shape index (κ2) is 6.17. The van der Waals surface area contributed by atoms with Gasteiger partial charge < -0.3 is 9.80 Å². The zero-order chi connectivity index (χ0) is 17.6. The minimum atomic E-state index is 0.0480. The molecule has 1 aromatic carbocycles. The Balaban J connectivity index is 1.63. The molecule has 0 saturated heterocycles. The summed E-state index contributed by atoms with van der Waals surface area (Å²) in [4.78, 5) is 27.9. The molecule has 0 saturated carbocycles. The predicted molar refractivity (Wildman–Crippen MR) is 98.6 cm³/mol. The second-order valence-corrected chi connectivity index (χ2v) is 7.47. The third-order valence-electron chi connectivity index (χ3n) is 5.60. The molecule has 2 aliphatic carbocycles. The van der Waals surface area contributed by atoms with Crippen LogP contribution < -0.4 is 4.90 Å². The third kappa shape index (κ3) is 2.90. The molecule has 25 heavy (non-hydrogen) atoms. The van der Waals surface area contributed by atoms with E-state index in [0.717, 1.165) is 37.8 Å². The van der Waals surface area contributed by atoms with E-state index < -0.39 is 0 Å². The number of carbonyl (C=O) groups excluding carboxylic acids is 2. The van der Waals surface area contributed by atoms with Crippen molar-refractivity contribution in [3.8, 4) is 0 Å². The monoisotopic (exact) mass is 336 g/mol. The highest BCUT2D eigenvalue weighted by Gasteiger charge is 2.29. The van der Waals surface area contributed by atoms with Crippen LogP contribution in [-0.2, 0) is 11.2 Å². The Labute approximate surface area is 148 Å². The van der Waals surface area contributed by atoms with Crippen molar-refractivity contribution in [3.63, 3.8) is 0 Å². The summed E-state index contributed by atoms with van der Waals surface area (Å²) in [5.74, 6) is 0.868. The van der Waals surface area contributed by atoms with Gasteiger partial charge >= 0.3 is 0 Å². The standard InChI is InChI=1S/C21H24N2O2/c1-22(2)21(25)16-5-8-20-15(11-16)9-10-23(20)18-6-3-14-4-7-19(24)13-17(14)12-18/h5,8,11-14H,3-4,6-7,9-10H2,1-2H3. The van der Waals surface area contributed by atoms with Gasteiger partial charge in [0.15, 0.2) is 5.78 Å². The number of nitrogens with zero attached hydrogens (tertiary/aromatic N) is 2. The van der Waals surface area contributed by atoms with Gasteiger partial charge in [-0.1, -0.05) is 0 Å². The first-order valence-electron chi connectivity index (χ1n) is 9.10. The predicted octanol–water partition coefficient (Wildman–Crippen LogP) is 3.33. The fourth-order valence-electron chi connectivity index (χ4n) is 4.22. The number of hydrogen-bond acceptors (Lipinski definition) is 3. The molecule has 1 aromatic rings. The van der Waals surface area contributed by atoms with Crippen molar-refractivity contribution in [1.82, 2.24) is 4.90 Å². The number of ketones is 1. The molecule has 130 valence electrons. The normalized spacial score (nSPS) is 22.1. The number of benzene rings is 1. The van der Waals surface area contributed by atoms with E-state index in [1.807, 2.05) is 18.2 Å². The molecule has 4 nitrogen and oxygen atoms in total. The van der Waals surface area contributed by atoms with Crippen LogP contribution in [0.2, 0.25) is 0 Å². The van der Waals surface area contributed by atoms with Crippen LogP contribution in [-0.4, -0.2) is 37.2 Å². The molecule has 0 aromatic heterocycles. The van der Waals surface area contributed by atoms with Gasteiger partial charge in [-0.2, -0.15) is 0 Å². The summed E-state index contributed by atoms with van der Waals surface area (Å²) in [6, 6.07) is 6.04. The quantitative estimate of drug-likeness (QED) is 0.832. The molecule has 0 N–H and O–H groups in total. The zero-order valence-electron chi connectivity index (χ0n) is 14.9. The van der Waals surface area contributed by atoms with E-state index in [-0.39, 0.29) is 11.7 Å². The van der Waals surface area contributed by atoms with Crippen molar-refractivity contribution in [2.45, 2.75) is 32.1 Å². The summed E-state index contributed by atoms with van der Waals surface area (Å²) < 4.78 is 0. The van der Waals surface area contributed by atoms with Crippen molar-refractivity contribution >= 4 is 17.4 Å². The number of fused-ring (bicyclic) bond motifs is 2. The summed E-state index contributed by atoms with van der Waals surface area (Å²) >= 11 is 0. The van der Waals surface area contributed by atoms with E-state index in [9.17, 15) is 9.59 Å². The van der Waals surface area contributed by atoms with Gasteiger partial charge in [0.2, 0.25) is 0 Å². The molecule has 1 heterocycles. The molecular formula is C21H24N2O2. The number of hydrogen-bond donors (Lipinski definition) is 0. The lowest BCUT2D eigenvalue weighted by molar-refractivity contribution is -0.115. The smallest absolute Gasteiger partial charge is 0.253 e. The number of allylic oxidation sites excluding steroid dienone is 4. The van der Waals surface area contributed by atoms with Crippen LogP contribution in [0, 0.1) is 5.92 Å². The SMILES string of the molecule is CN(C)C(=O)c1ccc2c(c1)CCN2C1=CC2=CC(=O)CCC2CC1. The third-order valence-corrected chi connectivity index (χ3v) is 5.60. The summed E-state index contributed by atoms with van der Waals surface area (Å²) in [5.41, 5.74) is 5.73. The molecule has 3 aliphatic rings. The lowest BCUT2D eigenvalue weighted by Gasteiger charge is -2.32. The van der Waals surface area contributed by atoms with Gasteiger partial charge in [0, 0.05) is 44.0 Å². The molecule has 4 heteroatoms. The van der Waals surface area contributed by atoms with Crippen LogP contribution in [0.1, 0.15) is 41.6 Å². The first kappa shape index (κ1) is 16.1. The maximum Gasteiger partial charge on any atom is 0.253 e. The summed E-state index contributed by atoms with van der Waals surface area (Å²) in [6.07, 6.45) is 8.95. The highest BCUT2D eigenvalue weighted by Crippen LogP contribution is 2.40. The second-order valence-electron chi connectivity index (χ2n) is 7.47. The highest BCUT2D eigenvalue weighted by atomic mass is 16.2. The van der Waals surface area contributed by atoms with Crippen molar-refractivity contribution in [3.05, 3.63) is 52.7 Å². The van der Waals surface area contributed by atoms with Gasteiger partial charge in [0.25, 0.3) is 5.91 Å². The molecule has 1 aliphatic heterocycles. The fraction of sp³-hybridized carbons (Fsp3) is 0.429. The van der Waals surface area contributed by atoms with Crippen LogP contribution in [0.25, 0.3) is 0 Å². The molecule has 4 rings (SSSR count). The molecule has 1 unspecified atom stereocenters. The Bertz CT molecular complexity index is 804. The largest absolute Gasteiger partial charge is 0.345 e. The van der Waals surface area contributed by atoms with Gasteiger partial charge in [-0.05, 0) is 73.1 Å². The summed E-state index contributed by atoms with van der Waals surface area (Å²) in [7, 11) is 3.56. The minimum Gasteiger partial charge on any atom is -0.345 e. The molecule has 0 radical (unpaired) electrons. The van der Waals surface area contributed by atoms with Crippen LogP contribution >= 0.6 is 0 Å². The van der Waals surface area contributed by atoms with Crippen molar-refractivity contribution in [2.75, 3.05) is 25.5 Å². The molecule has 0 bridgehead atoms. The topological polar surface area (TPSA) is 40.6 Å². The Morgan fingerprint density at radius 1 is 1.12 bits per heavy atom. The summed E-state index contributed by atoms with van der Waals surface area (Å²) in [5, 5.41) is 0. The van der Waals surface area contributed by atoms with Gasteiger partial charge in [-0.15, -0.1) is 0 Å². The Kier molecular flexibility index (Phi) is 3.98. The molecular weight excluding hydrogens is 312 g/mol. The van der Waals surface area contributed by atoms with Crippen molar-refractivity contribution in [1.29, 1.82) is 0 Å². The van der Waals surface area contributed by atoms with E-state index in [1.165, 1.54) is 22.5 Å². The van der Waals surface area contributed by atoms with E-state index in [4.69, 9.17) is 0 Å². The maximum atomic E-state index is 12.2. The highest BCUT2D eigenvalue weighted by molar-refractivity contribution is 5.95. The molecule has 0 spiro atoms. The first-order chi connectivity index (χ1) is 12.0. The van der Waals surface area contributed by atoms with Crippen LogP contribution in [0.15, 0.2) is 41.6 Å². The molecule has 0 fully saturated rings. The first-order valence-corrected chi connectivity index (χ1v) is 9.10. The van der Waals surface area contributed by atoms with Gasteiger partial charge in [0.1, 0.15) is 0 Å². The van der Waals surface area contributed by atoms with Gasteiger partial charge in [-0.3, -0.25) is 9.59 Å². The lowest BCUT2D eigenvalue weighted by Crippen LogP contribution is -2.25. The maximum absolute atomic E-state index is 12.2. The molecule has 1 amide bonds. The fourth-order valence-corrected chi connectivity index (χ4v) is 4.22. The summed E-state index contributed by atoms with van der Waals surface area (Å²) in [6.45, 7) is 0.951. The Hall–Kier alpha value is -2.36. The number of carbonyl (C=O) groups is 2. The van der Waals surface area contributed by atoms with Crippen molar-refractivity contribution in [2.24, 2.45) is 5.92 Å². The Morgan fingerprint density at radius 2 is 1.92 bits per heavy atom.